The standard InChI is InChI=1S/C31H27F2N3O3S/c1-36(2)22-12-7-19(8-13-22)17-20-9-16-25-28(24-5-3-4-6-26(24)35-29(20)25)30(38)39-18-27(37)34-21-10-14-23(15-11-21)40-31(32)33/h3-8,10-15,17,31H,9,16,18H2,1-2H3,(H,34,37). The molecule has 6 nitrogen and oxygen atoms in total. The number of anilines is 2. The third kappa shape index (κ3) is 6.15. The molecule has 0 saturated carbocycles. The Hall–Kier alpha value is -4.24. The number of carbonyl (C=O) groups is 2. The van der Waals surface area contributed by atoms with Gasteiger partial charge in [0.1, 0.15) is 0 Å². The number of alkyl halides is 2. The van der Waals surface area contributed by atoms with Crippen molar-refractivity contribution in [1.82, 2.24) is 4.98 Å². The number of hydrogen-bond acceptors (Lipinski definition) is 6. The van der Waals surface area contributed by atoms with Crippen LogP contribution >= 0.6 is 11.8 Å². The number of hydrogen-bond donors (Lipinski definition) is 1. The van der Waals surface area contributed by atoms with Crippen LogP contribution in [0.3, 0.4) is 0 Å². The molecule has 3 aromatic carbocycles. The largest absolute Gasteiger partial charge is 0.452 e. The number of ether oxygens (including phenoxy) is 1. The number of amides is 1. The second kappa shape index (κ2) is 11.9. The lowest BCUT2D eigenvalue weighted by molar-refractivity contribution is -0.119. The van der Waals surface area contributed by atoms with E-state index < -0.39 is 24.2 Å². The molecule has 0 fully saturated rings. The summed E-state index contributed by atoms with van der Waals surface area (Å²) in [5, 5.41) is 3.30. The van der Waals surface area contributed by atoms with Crippen molar-refractivity contribution in [3.05, 3.63) is 95.2 Å². The van der Waals surface area contributed by atoms with Gasteiger partial charge in [-0.3, -0.25) is 4.79 Å². The first-order valence-electron chi connectivity index (χ1n) is 12.7. The second-order valence-corrected chi connectivity index (χ2v) is 10.6. The predicted molar refractivity (Wildman–Crippen MR) is 156 cm³/mol. The number of halogens is 2. The third-order valence-corrected chi connectivity index (χ3v) is 7.32. The van der Waals surface area contributed by atoms with Gasteiger partial charge < -0.3 is 15.0 Å². The summed E-state index contributed by atoms with van der Waals surface area (Å²) in [6, 6.07) is 21.7. The molecule has 1 aromatic heterocycles. The summed E-state index contributed by atoms with van der Waals surface area (Å²) in [4.78, 5) is 33.2. The van der Waals surface area contributed by atoms with Crippen LogP contribution in [0.15, 0.2) is 77.7 Å². The van der Waals surface area contributed by atoms with Crippen LogP contribution in [0.2, 0.25) is 0 Å². The van der Waals surface area contributed by atoms with Crippen molar-refractivity contribution >= 4 is 57.6 Å². The van der Waals surface area contributed by atoms with Crippen molar-refractivity contribution in [2.75, 3.05) is 30.9 Å². The van der Waals surface area contributed by atoms with Gasteiger partial charge in [-0.25, -0.2) is 9.78 Å². The Labute approximate surface area is 235 Å². The van der Waals surface area contributed by atoms with Gasteiger partial charge in [-0.15, -0.1) is 0 Å². The van der Waals surface area contributed by atoms with Gasteiger partial charge in [0.05, 0.1) is 16.8 Å². The third-order valence-electron chi connectivity index (χ3n) is 6.59. The van der Waals surface area contributed by atoms with E-state index in [1.807, 2.05) is 43.3 Å². The van der Waals surface area contributed by atoms with Crippen LogP contribution in [0.4, 0.5) is 20.2 Å². The van der Waals surface area contributed by atoms with Crippen molar-refractivity contribution in [3.63, 3.8) is 0 Å². The molecule has 1 aliphatic rings. The fourth-order valence-electron chi connectivity index (χ4n) is 4.70. The molecule has 1 aliphatic carbocycles. The summed E-state index contributed by atoms with van der Waals surface area (Å²) in [5.74, 6) is -3.64. The smallest absolute Gasteiger partial charge is 0.339 e. The van der Waals surface area contributed by atoms with Crippen molar-refractivity contribution in [3.8, 4) is 0 Å². The minimum absolute atomic E-state index is 0.386. The Morgan fingerprint density at radius 2 is 1.75 bits per heavy atom. The average molecular weight is 560 g/mol. The molecule has 4 aromatic rings. The van der Waals surface area contributed by atoms with Crippen LogP contribution in [0, 0.1) is 0 Å². The number of esters is 1. The highest BCUT2D eigenvalue weighted by molar-refractivity contribution is 7.99. The molecular weight excluding hydrogens is 532 g/mol. The highest BCUT2D eigenvalue weighted by Gasteiger charge is 2.28. The fraction of sp³-hybridized carbons (Fsp3) is 0.194. The number of allylic oxidation sites excluding steroid dienone is 1. The summed E-state index contributed by atoms with van der Waals surface area (Å²) in [6.07, 6.45) is 3.46. The Kier molecular flexibility index (Phi) is 8.11. The Morgan fingerprint density at radius 3 is 2.45 bits per heavy atom. The summed E-state index contributed by atoms with van der Waals surface area (Å²) in [5.41, 5.74) is 6.30. The Morgan fingerprint density at radius 1 is 1.02 bits per heavy atom. The summed E-state index contributed by atoms with van der Waals surface area (Å²) in [6.45, 7) is -0.487. The first kappa shape index (κ1) is 27.3. The van der Waals surface area contributed by atoms with Crippen LogP contribution in [0.25, 0.3) is 22.6 Å². The van der Waals surface area contributed by atoms with E-state index in [0.717, 1.165) is 34.5 Å². The number of carbonyl (C=O) groups excluding carboxylic acids is 2. The lowest BCUT2D eigenvalue weighted by atomic mass is 10.0. The number of para-hydroxylation sites is 1. The van der Waals surface area contributed by atoms with Crippen LogP contribution in [-0.4, -0.2) is 43.3 Å². The minimum Gasteiger partial charge on any atom is -0.452 e. The summed E-state index contributed by atoms with van der Waals surface area (Å²) < 4.78 is 30.5. The number of fused-ring (bicyclic) bond motifs is 2. The number of aromatic nitrogens is 1. The molecule has 9 heteroatoms. The van der Waals surface area contributed by atoms with Gasteiger partial charge in [0.25, 0.3) is 11.7 Å². The maximum atomic E-state index is 13.4. The van der Waals surface area contributed by atoms with Gasteiger partial charge in [-0.2, -0.15) is 8.78 Å². The molecule has 5 rings (SSSR count). The predicted octanol–water partition coefficient (Wildman–Crippen LogP) is 6.90. The number of nitrogens with one attached hydrogen (secondary N) is 1. The molecule has 204 valence electrons. The van der Waals surface area contributed by atoms with Crippen LogP contribution in [0.5, 0.6) is 0 Å². The normalized spacial score (nSPS) is 13.5. The molecule has 0 bridgehead atoms. The molecule has 0 unspecified atom stereocenters. The van der Waals surface area contributed by atoms with Crippen molar-refractivity contribution in [2.45, 2.75) is 23.5 Å². The topological polar surface area (TPSA) is 71.5 Å². The number of benzene rings is 3. The quantitative estimate of drug-likeness (QED) is 0.187. The second-order valence-electron chi connectivity index (χ2n) is 9.51. The van der Waals surface area contributed by atoms with Gasteiger partial charge in [0, 0.05) is 35.8 Å². The zero-order valence-corrected chi connectivity index (χ0v) is 22.8. The van der Waals surface area contributed by atoms with E-state index in [2.05, 4.69) is 35.7 Å². The van der Waals surface area contributed by atoms with Crippen molar-refractivity contribution in [1.29, 1.82) is 0 Å². The van der Waals surface area contributed by atoms with Gasteiger partial charge >= 0.3 is 5.97 Å². The Balaban J connectivity index is 1.35. The molecular formula is C31H27F2N3O3S. The van der Waals surface area contributed by atoms with Crippen molar-refractivity contribution < 1.29 is 23.1 Å². The molecule has 1 heterocycles. The summed E-state index contributed by atoms with van der Waals surface area (Å²) in [7, 11) is 3.99. The molecule has 0 aliphatic heterocycles. The SMILES string of the molecule is CN(C)c1ccc(C=C2CCc3c2nc2ccccc2c3C(=O)OCC(=O)Nc2ccc(SC(F)F)cc2)cc1. The maximum Gasteiger partial charge on any atom is 0.339 e. The summed E-state index contributed by atoms with van der Waals surface area (Å²) >= 11 is 0.424. The van der Waals surface area contributed by atoms with Crippen LogP contribution in [-0.2, 0) is 16.0 Å². The lowest BCUT2D eigenvalue weighted by Crippen LogP contribution is -2.21. The molecule has 1 N–H and O–H groups in total. The highest BCUT2D eigenvalue weighted by atomic mass is 32.2. The molecule has 0 saturated heterocycles. The van der Waals surface area contributed by atoms with E-state index in [4.69, 9.17) is 9.72 Å². The number of rotatable bonds is 8. The molecule has 0 atom stereocenters. The highest BCUT2D eigenvalue weighted by Crippen LogP contribution is 2.38. The van der Waals surface area contributed by atoms with Gasteiger partial charge in [-0.05, 0) is 78.1 Å². The molecule has 0 spiro atoms. The van der Waals surface area contributed by atoms with E-state index in [1.54, 1.807) is 0 Å². The number of nitrogens with zero attached hydrogens (tertiary/aromatic N) is 2. The first-order valence-corrected chi connectivity index (χ1v) is 13.6. The number of pyridine rings is 1. The number of thioether (sulfide) groups is 1. The molecule has 0 radical (unpaired) electrons. The fourth-order valence-corrected chi connectivity index (χ4v) is 5.20. The van der Waals surface area contributed by atoms with Crippen LogP contribution < -0.4 is 10.2 Å². The van der Waals surface area contributed by atoms with E-state index >= 15 is 0 Å². The first-order chi connectivity index (χ1) is 19.3. The van der Waals surface area contributed by atoms with Gasteiger partial charge in [0.2, 0.25) is 0 Å². The zero-order chi connectivity index (χ0) is 28.2. The van der Waals surface area contributed by atoms with Gasteiger partial charge in [0.15, 0.2) is 6.61 Å². The lowest BCUT2D eigenvalue weighted by Gasteiger charge is -2.13. The van der Waals surface area contributed by atoms with Crippen LogP contribution in [0.1, 0.15) is 33.6 Å². The molecule has 40 heavy (non-hydrogen) atoms. The monoisotopic (exact) mass is 559 g/mol. The maximum absolute atomic E-state index is 13.4. The van der Waals surface area contributed by atoms with E-state index in [-0.39, 0.29) is 0 Å². The minimum atomic E-state index is -2.52. The van der Waals surface area contributed by atoms with Gasteiger partial charge in [-0.1, -0.05) is 42.1 Å². The zero-order valence-electron chi connectivity index (χ0n) is 22.0. The van der Waals surface area contributed by atoms with E-state index in [1.165, 1.54) is 24.3 Å². The Bertz CT molecular complexity index is 1590. The molecule has 1 amide bonds. The van der Waals surface area contributed by atoms with Crippen molar-refractivity contribution in [2.24, 2.45) is 0 Å². The van der Waals surface area contributed by atoms with E-state index in [0.29, 0.717) is 45.2 Å². The average Bonchev–Trinajstić information content (AvgIpc) is 3.33. The van der Waals surface area contributed by atoms with E-state index in [9.17, 15) is 18.4 Å².